The molecule has 8 nitrogen and oxygen atoms in total. The molecule has 25 heavy (non-hydrogen) atoms. The van der Waals surface area contributed by atoms with Crippen LogP contribution in [0.15, 0.2) is 23.7 Å². The van der Waals surface area contributed by atoms with Crippen LogP contribution >= 0.6 is 0 Å². The first-order valence-corrected chi connectivity index (χ1v) is 10.1. The van der Waals surface area contributed by atoms with E-state index in [1.807, 2.05) is 0 Å². The Labute approximate surface area is 146 Å². The smallest absolute Gasteiger partial charge is 0.232 e. The lowest BCUT2D eigenvalue weighted by atomic mass is 10.1. The van der Waals surface area contributed by atoms with Gasteiger partial charge in [0.05, 0.1) is 24.1 Å². The Morgan fingerprint density at radius 1 is 1.40 bits per heavy atom. The van der Waals surface area contributed by atoms with Crippen LogP contribution in [0.2, 0.25) is 0 Å². The van der Waals surface area contributed by atoms with Crippen molar-refractivity contribution in [3.63, 3.8) is 0 Å². The fourth-order valence-corrected chi connectivity index (χ4v) is 4.02. The van der Waals surface area contributed by atoms with Crippen LogP contribution in [0, 0.1) is 11.8 Å². The number of primary sulfonamides is 1. The van der Waals surface area contributed by atoms with E-state index in [1.165, 1.54) is 31.4 Å². The first-order valence-electron chi connectivity index (χ1n) is 8.46. The zero-order valence-corrected chi connectivity index (χ0v) is 14.7. The summed E-state index contributed by atoms with van der Waals surface area (Å²) < 4.78 is 28.3. The minimum absolute atomic E-state index is 0.148. The van der Waals surface area contributed by atoms with Gasteiger partial charge in [-0.05, 0) is 37.2 Å². The number of hydrogen-bond acceptors (Lipinski definition) is 7. The predicted octanol–water partition coefficient (Wildman–Crippen LogP) is 0.222. The van der Waals surface area contributed by atoms with E-state index in [9.17, 15) is 13.5 Å². The van der Waals surface area contributed by atoms with Gasteiger partial charge in [0.1, 0.15) is 18.0 Å². The highest BCUT2D eigenvalue weighted by molar-refractivity contribution is 7.89. The number of aliphatic hydroxyl groups is 1. The molecule has 0 radical (unpaired) electrons. The summed E-state index contributed by atoms with van der Waals surface area (Å²) in [5.74, 6) is 1.95. The molecule has 0 aromatic carbocycles. The Hall–Kier alpha value is -1.71. The minimum atomic E-state index is -3.85. The molecule has 3 unspecified atom stereocenters. The maximum atomic E-state index is 11.3. The highest BCUT2D eigenvalue weighted by Gasteiger charge is 2.49. The second kappa shape index (κ2) is 5.93. The largest absolute Gasteiger partial charge is 0.474 e. The summed E-state index contributed by atoms with van der Waals surface area (Å²) in [4.78, 5) is 8.17. The summed E-state index contributed by atoms with van der Waals surface area (Å²) in [6, 6.07) is 0.277. The normalized spacial score (nSPS) is 29.6. The molecule has 1 aliphatic heterocycles. The van der Waals surface area contributed by atoms with Crippen molar-refractivity contribution in [2.24, 2.45) is 17.0 Å². The molecule has 1 fully saturated rings. The van der Waals surface area contributed by atoms with Crippen molar-refractivity contribution >= 4 is 10.0 Å². The molecule has 0 bridgehead atoms. The van der Waals surface area contributed by atoms with Gasteiger partial charge in [0.2, 0.25) is 15.9 Å². The van der Waals surface area contributed by atoms with E-state index in [0.29, 0.717) is 12.5 Å². The van der Waals surface area contributed by atoms with Crippen LogP contribution in [0.4, 0.5) is 0 Å². The maximum absolute atomic E-state index is 11.3. The van der Waals surface area contributed by atoms with Crippen molar-refractivity contribution in [3.8, 4) is 5.88 Å². The zero-order chi connectivity index (χ0) is 17.8. The van der Waals surface area contributed by atoms with Gasteiger partial charge in [-0.3, -0.25) is 4.98 Å². The van der Waals surface area contributed by atoms with Crippen molar-refractivity contribution in [2.45, 2.75) is 43.6 Å². The lowest BCUT2D eigenvalue weighted by molar-refractivity contribution is 0.170. The Kier molecular flexibility index (Phi) is 3.97. The van der Waals surface area contributed by atoms with Gasteiger partial charge in [-0.15, -0.1) is 0 Å². The molecule has 0 amide bonds. The third-order valence-corrected chi connectivity index (χ3v) is 6.61. The van der Waals surface area contributed by atoms with Gasteiger partial charge in [-0.25, -0.2) is 18.5 Å². The number of nitrogens with two attached hydrogens (primary N) is 1. The molecule has 2 heterocycles. The van der Waals surface area contributed by atoms with Crippen LogP contribution in [-0.2, 0) is 10.0 Å². The monoisotopic (exact) mass is 366 g/mol. The van der Waals surface area contributed by atoms with Crippen LogP contribution in [-0.4, -0.2) is 41.4 Å². The lowest BCUT2D eigenvalue weighted by Crippen LogP contribution is -2.33. The van der Waals surface area contributed by atoms with E-state index in [4.69, 9.17) is 9.88 Å². The van der Waals surface area contributed by atoms with Crippen molar-refractivity contribution in [1.29, 1.82) is 0 Å². The Balaban J connectivity index is 1.34. The number of rotatable bonds is 6. The number of aliphatic hydroxyl groups excluding tert-OH is 1. The van der Waals surface area contributed by atoms with Gasteiger partial charge in [-0.1, -0.05) is 0 Å². The molecule has 3 aliphatic rings. The molecule has 1 aromatic rings. The number of nitrogens with one attached hydrogen (secondary N) is 1. The zero-order valence-electron chi connectivity index (χ0n) is 13.9. The standard InChI is InChI=1S/C16H22N4O4S/c1-8(25(17,22)23)16(21)14-5-19-15(6-18-14)24-7-10-2-9-3-11(9)12-4-13(12)20-10/h5-6,8-11,16,20-21H,2-4,7H2,1H3,(H2,17,22,23)/t8-,9?,10?,11?,16-/m0/s1. The first-order chi connectivity index (χ1) is 11.8. The minimum Gasteiger partial charge on any atom is -0.474 e. The van der Waals surface area contributed by atoms with E-state index in [1.54, 1.807) is 5.57 Å². The average molecular weight is 366 g/mol. The van der Waals surface area contributed by atoms with Gasteiger partial charge in [0.25, 0.3) is 0 Å². The molecule has 1 aromatic heterocycles. The number of ether oxygens (including phenoxy) is 1. The molecule has 5 atom stereocenters. The summed E-state index contributed by atoms with van der Waals surface area (Å²) in [5.41, 5.74) is 3.14. The fourth-order valence-electron chi connectivity index (χ4n) is 3.52. The summed E-state index contributed by atoms with van der Waals surface area (Å²) in [6.45, 7) is 1.83. The van der Waals surface area contributed by atoms with Crippen LogP contribution in [0.25, 0.3) is 0 Å². The van der Waals surface area contributed by atoms with Crippen LogP contribution < -0.4 is 15.2 Å². The van der Waals surface area contributed by atoms with E-state index < -0.39 is 21.4 Å². The number of hydrogen-bond donors (Lipinski definition) is 3. The molecule has 4 N–H and O–H groups in total. The van der Waals surface area contributed by atoms with Crippen LogP contribution in [0.5, 0.6) is 5.88 Å². The van der Waals surface area contributed by atoms with Crippen LogP contribution in [0.3, 0.4) is 0 Å². The van der Waals surface area contributed by atoms with Gasteiger partial charge in [-0.2, -0.15) is 0 Å². The van der Waals surface area contributed by atoms with Gasteiger partial charge >= 0.3 is 0 Å². The van der Waals surface area contributed by atoms with Gasteiger partial charge in [0, 0.05) is 12.1 Å². The second-order valence-corrected chi connectivity index (χ2v) is 9.11. The van der Waals surface area contributed by atoms with Crippen molar-refractivity contribution in [3.05, 3.63) is 29.4 Å². The molecule has 9 heteroatoms. The Morgan fingerprint density at radius 2 is 2.20 bits per heavy atom. The highest BCUT2D eigenvalue weighted by Crippen LogP contribution is 2.56. The van der Waals surface area contributed by atoms with Crippen molar-refractivity contribution in [1.82, 2.24) is 15.3 Å². The number of sulfonamides is 1. The third kappa shape index (κ3) is 3.49. The number of aromatic nitrogens is 2. The molecule has 1 saturated carbocycles. The highest BCUT2D eigenvalue weighted by atomic mass is 32.2. The first kappa shape index (κ1) is 16.7. The number of allylic oxidation sites excluding steroid dienone is 2. The summed E-state index contributed by atoms with van der Waals surface area (Å²) >= 11 is 0. The lowest BCUT2D eigenvalue weighted by Gasteiger charge is -2.19. The molecular formula is C16H22N4O4S. The van der Waals surface area contributed by atoms with E-state index in [2.05, 4.69) is 15.3 Å². The SMILES string of the molecule is C[C@@H]([C@H](O)c1cnc(OCC2CC3CC3C3=C(C3)N2)cn1)S(N)(=O)=O. The van der Waals surface area contributed by atoms with E-state index >= 15 is 0 Å². The predicted molar refractivity (Wildman–Crippen MR) is 89.8 cm³/mol. The van der Waals surface area contributed by atoms with Crippen LogP contribution in [0.1, 0.15) is 38.0 Å². The summed E-state index contributed by atoms with van der Waals surface area (Å²) in [5, 5.41) is 17.5. The van der Waals surface area contributed by atoms with Crippen molar-refractivity contribution in [2.75, 3.05) is 6.61 Å². The van der Waals surface area contributed by atoms with E-state index in [0.717, 1.165) is 24.7 Å². The quantitative estimate of drug-likeness (QED) is 0.657. The van der Waals surface area contributed by atoms with Gasteiger partial charge in [0.15, 0.2) is 0 Å². The second-order valence-electron chi connectivity index (χ2n) is 7.19. The molecule has 2 aliphatic carbocycles. The average Bonchev–Trinajstić information content (AvgIpc) is 3.44. The van der Waals surface area contributed by atoms with E-state index in [-0.39, 0.29) is 11.7 Å². The third-order valence-electron chi connectivity index (χ3n) is 5.31. The molecule has 0 saturated heterocycles. The number of fused-ring (bicyclic) bond motifs is 2. The molecule has 4 rings (SSSR count). The maximum Gasteiger partial charge on any atom is 0.232 e. The molecule has 0 spiro atoms. The molecule has 136 valence electrons. The number of nitrogens with zero attached hydrogens (tertiary/aromatic N) is 2. The van der Waals surface area contributed by atoms with Crippen molar-refractivity contribution < 1.29 is 18.3 Å². The molecular weight excluding hydrogens is 344 g/mol. The summed E-state index contributed by atoms with van der Waals surface area (Å²) in [6.07, 6.45) is 4.94. The Bertz CT molecular complexity index is 808. The fraction of sp³-hybridized carbons (Fsp3) is 0.625. The summed E-state index contributed by atoms with van der Waals surface area (Å²) in [7, 11) is -3.85. The van der Waals surface area contributed by atoms with Gasteiger partial charge < -0.3 is 15.2 Å². The Morgan fingerprint density at radius 3 is 2.88 bits per heavy atom. The topological polar surface area (TPSA) is 127 Å².